The summed E-state index contributed by atoms with van der Waals surface area (Å²) < 4.78 is 5.71. The number of thioether (sulfide) groups is 1. The molecule has 1 unspecified atom stereocenters. The molecule has 2 fully saturated rings. The van der Waals surface area contributed by atoms with Gasteiger partial charge in [0, 0.05) is 37.3 Å². The van der Waals surface area contributed by atoms with E-state index in [4.69, 9.17) is 4.74 Å². The van der Waals surface area contributed by atoms with Crippen LogP contribution in [0.3, 0.4) is 0 Å². The topological polar surface area (TPSA) is 45.7 Å². The first-order chi connectivity index (χ1) is 10.2. The highest BCUT2D eigenvalue weighted by Gasteiger charge is 2.31. The second kappa shape index (κ2) is 6.66. The second-order valence-corrected chi connectivity index (χ2v) is 6.66. The highest BCUT2D eigenvalue weighted by atomic mass is 32.2. The van der Waals surface area contributed by atoms with Crippen molar-refractivity contribution in [3.05, 3.63) is 23.9 Å². The first kappa shape index (κ1) is 14.7. The minimum absolute atomic E-state index is 0.132. The summed E-state index contributed by atoms with van der Waals surface area (Å²) in [4.78, 5) is 21.0. The number of nitrogens with zero attached hydrogens (tertiary/aromatic N) is 3. The minimum atomic E-state index is -0.357. The molecule has 6 heteroatoms. The summed E-state index contributed by atoms with van der Waals surface area (Å²) in [5.41, 5.74) is 1.18. The predicted molar refractivity (Wildman–Crippen MR) is 84.8 cm³/mol. The standard InChI is InChI=1S/C15H21N3O2S/c1-12-2-3-16-14(10-12)18-4-7-20-13(11-18)15(19)17-5-8-21-9-6-17/h2-3,10,13H,4-9,11H2,1H3. The number of hydrogen-bond donors (Lipinski definition) is 0. The Morgan fingerprint density at radius 2 is 2.19 bits per heavy atom. The van der Waals surface area contributed by atoms with Crippen LogP contribution < -0.4 is 4.90 Å². The summed E-state index contributed by atoms with van der Waals surface area (Å²) in [6.45, 7) is 5.70. The number of pyridine rings is 1. The third-order valence-corrected chi connectivity index (χ3v) is 4.83. The third kappa shape index (κ3) is 3.49. The molecule has 0 aromatic carbocycles. The largest absolute Gasteiger partial charge is 0.365 e. The third-order valence-electron chi connectivity index (χ3n) is 3.89. The summed E-state index contributed by atoms with van der Waals surface area (Å²) >= 11 is 1.91. The molecule has 1 aromatic heterocycles. The van der Waals surface area contributed by atoms with Crippen molar-refractivity contribution >= 4 is 23.5 Å². The van der Waals surface area contributed by atoms with Crippen molar-refractivity contribution in [3.63, 3.8) is 0 Å². The Morgan fingerprint density at radius 3 is 2.95 bits per heavy atom. The minimum Gasteiger partial charge on any atom is -0.365 e. The van der Waals surface area contributed by atoms with E-state index in [0.29, 0.717) is 13.2 Å². The molecule has 0 radical (unpaired) electrons. The molecular weight excluding hydrogens is 286 g/mol. The van der Waals surface area contributed by atoms with Crippen molar-refractivity contribution in [1.29, 1.82) is 0 Å². The molecule has 0 N–H and O–H groups in total. The highest BCUT2D eigenvalue weighted by molar-refractivity contribution is 7.99. The Morgan fingerprint density at radius 1 is 1.38 bits per heavy atom. The van der Waals surface area contributed by atoms with Crippen molar-refractivity contribution in [1.82, 2.24) is 9.88 Å². The number of carbonyl (C=O) groups is 1. The number of morpholine rings is 1. The molecule has 1 atom stereocenters. The molecular formula is C15H21N3O2S. The van der Waals surface area contributed by atoms with Gasteiger partial charge < -0.3 is 14.5 Å². The first-order valence-corrected chi connectivity index (χ1v) is 8.55. The van der Waals surface area contributed by atoms with Gasteiger partial charge in [0.15, 0.2) is 6.10 Å². The molecule has 21 heavy (non-hydrogen) atoms. The van der Waals surface area contributed by atoms with Gasteiger partial charge in [0.2, 0.25) is 0 Å². The number of ether oxygens (including phenoxy) is 1. The van der Waals surface area contributed by atoms with E-state index in [1.165, 1.54) is 5.56 Å². The van der Waals surface area contributed by atoms with Gasteiger partial charge in [-0.3, -0.25) is 4.79 Å². The molecule has 3 rings (SSSR count). The summed E-state index contributed by atoms with van der Waals surface area (Å²) in [7, 11) is 0. The maximum absolute atomic E-state index is 12.5. The Labute approximate surface area is 129 Å². The van der Waals surface area contributed by atoms with Gasteiger partial charge >= 0.3 is 0 Å². The quantitative estimate of drug-likeness (QED) is 0.821. The van der Waals surface area contributed by atoms with Crippen LogP contribution in [-0.4, -0.2) is 66.2 Å². The average molecular weight is 307 g/mol. The molecule has 5 nitrogen and oxygen atoms in total. The molecule has 0 bridgehead atoms. The van der Waals surface area contributed by atoms with Crippen molar-refractivity contribution in [2.24, 2.45) is 0 Å². The number of aryl methyl sites for hydroxylation is 1. The normalized spacial score (nSPS) is 23.2. The molecule has 0 aliphatic carbocycles. The van der Waals surface area contributed by atoms with Crippen LogP contribution in [0, 0.1) is 6.92 Å². The lowest BCUT2D eigenvalue weighted by atomic mass is 10.2. The van der Waals surface area contributed by atoms with Crippen molar-refractivity contribution < 1.29 is 9.53 Å². The average Bonchev–Trinajstić information content (AvgIpc) is 2.55. The molecule has 0 spiro atoms. The number of aromatic nitrogens is 1. The van der Waals surface area contributed by atoms with Crippen LogP contribution in [0.2, 0.25) is 0 Å². The number of amides is 1. The van der Waals surface area contributed by atoms with Crippen LogP contribution in [0.15, 0.2) is 18.3 Å². The van der Waals surface area contributed by atoms with Crippen LogP contribution in [0.5, 0.6) is 0 Å². The zero-order valence-corrected chi connectivity index (χ0v) is 13.1. The maximum atomic E-state index is 12.5. The number of carbonyl (C=O) groups excluding carboxylic acids is 1. The van der Waals surface area contributed by atoms with E-state index < -0.39 is 0 Å². The van der Waals surface area contributed by atoms with E-state index in [1.54, 1.807) is 0 Å². The molecule has 2 aliphatic rings. The number of hydrogen-bond acceptors (Lipinski definition) is 5. The van der Waals surface area contributed by atoms with Gasteiger partial charge in [0.25, 0.3) is 5.91 Å². The number of anilines is 1. The lowest BCUT2D eigenvalue weighted by molar-refractivity contribution is -0.144. The Bertz CT molecular complexity index is 505. The second-order valence-electron chi connectivity index (χ2n) is 5.43. The molecule has 0 saturated carbocycles. The van der Waals surface area contributed by atoms with E-state index in [1.807, 2.05) is 28.9 Å². The van der Waals surface area contributed by atoms with Gasteiger partial charge in [-0.15, -0.1) is 0 Å². The Hall–Kier alpha value is -1.27. The lowest BCUT2D eigenvalue weighted by Gasteiger charge is -2.36. The Balaban J connectivity index is 1.66. The van der Waals surface area contributed by atoms with E-state index in [-0.39, 0.29) is 12.0 Å². The summed E-state index contributed by atoms with van der Waals surface area (Å²) in [6.07, 6.45) is 1.46. The molecule has 2 saturated heterocycles. The fraction of sp³-hybridized carbons (Fsp3) is 0.600. The highest BCUT2D eigenvalue weighted by Crippen LogP contribution is 2.18. The van der Waals surface area contributed by atoms with Crippen LogP contribution in [-0.2, 0) is 9.53 Å². The smallest absolute Gasteiger partial charge is 0.253 e. The van der Waals surface area contributed by atoms with E-state index in [2.05, 4.69) is 22.9 Å². The van der Waals surface area contributed by atoms with Crippen LogP contribution in [0.4, 0.5) is 5.82 Å². The molecule has 1 amide bonds. The SMILES string of the molecule is Cc1ccnc(N2CCOC(C(=O)N3CCSCC3)C2)c1. The van der Waals surface area contributed by atoms with Gasteiger partial charge in [-0.1, -0.05) is 0 Å². The van der Waals surface area contributed by atoms with E-state index >= 15 is 0 Å². The van der Waals surface area contributed by atoms with Gasteiger partial charge in [0.1, 0.15) is 5.82 Å². The monoisotopic (exact) mass is 307 g/mol. The zero-order chi connectivity index (χ0) is 14.7. The summed E-state index contributed by atoms with van der Waals surface area (Å²) in [5.74, 6) is 3.13. The lowest BCUT2D eigenvalue weighted by Crippen LogP contribution is -2.52. The zero-order valence-electron chi connectivity index (χ0n) is 12.3. The van der Waals surface area contributed by atoms with Gasteiger partial charge in [-0.2, -0.15) is 11.8 Å². The molecule has 114 valence electrons. The summed E-state index contributed by atoms with van der Waals surface area (Å²) in [6, 6.07) is 4.04. The van der Waals surface area contributed by atoms with E-state index in [0.717, 1.165) is 37.0 Å². The fourth-order valence-corrected chi connectivity index (χ4v) is 3.59. The molecule has 3 heterocycles. The van der Waals surface area contributed by atoms with Crippen molar-refractivity contribution in [3.8, 4) is 0 Å². The van der Waals surface area contributed by atoms with Crippen LogP contribution in [0.1, 0.15) is 5.56 Å². The predicted octanol–water partition coefficient (Wildman–Crippen LogP) is 1.17. The fourth-order valence-electron chi connectivity index (χ4n) is 2.69. The van der Waals surface area contributed by atoms with E-state index in [9.17, 15) is 4.79 Å². The van der Waals surface area contributed by atoms with Gasteiger partial charge in [-0.25, -0.2) is 4.98 Å². The molecule has 1 aromatic rings. The first-order valence-electron chi connectivity index (χ1n) is 7.40. The van der Waals surface area contributed by atoms with Crippen molar-refractivity contribution in [2.45, 2.75) is 13.0 Å². The number of rotatable bonds is 2. The van der Waals surface area contributed by atoms with Gasteiger partial charge in [0.05, 0.1) is 13.2 Å². The van der Waals surface area contributed by atoms with Crippen molar-refractivity contribution in [2.75, 3.05) is 49.2 Å². The van der Waals surface area contributed by atoms with Crippen LogP contribution in [0.25, 0.3) is 0 Å². The van der Waals surface area contributed by atoms with Crippen LogP contribution >= 0.6 is 11.8 Å². The summed E-state index contributed by atoms with van der Waals surface area (Å²) in [5, 5.41) is 0. The van der Waals surface area contributed by atoms with Gasteiger partial charge in [-0.05, 0) is 24.6 Å². The Kier molecular flexibility index (Phi) is 4.65. The molecule has 2 aliphatic heterocycles. The maximum Gasteiger partial charge on any atom is 0.253 e.